The number of rotatable bonds is 6. The normalized spacial score (nSPS) is 14.8. The fraction of sp³-hybridized carbons (Fsp3) is 0.350. The Kier molecular flexibility index (Phi) is 6.57. The third kappa shape index (κ3) is 5.54. The van der Waals surface area contributed by atoms with Crippen LogP contribution in [-0.2, 0) is 11.3 Å². The van der Waals surface area contributed by atoms with E-state index in [2.05, 4.69) is 10.2 Å². The predicted octanol–water partition coefficient (Wildman–Crippen LogP) is 3.19. The van der Waals surface area contributed by atoms with E-state index in [1.54, 1.807) is 17.0 Å². The zero-order chi connectivity index (χ0) is 18.2. The highest BCUT2D eigenvalue weighted by Crippen LogP contribution is 2.11. The van der Waals surface area contributed by atoms with Gasteiger partial charge in [0, 0.05) is 38.4 Å². The van der Waals surface area contributed by atoms with Crippen molar-refractivity contribution < 1.29 is 13.9 Å². The average Bonchev–Trinajstić information content (AvgIpc) is 2.68. The lowest BCUT2D eigenvalue weighted by atomic mass is 10.2. The molecule has 26 heavy (non-hydrogen) atoms. The maximum absolute atomic E-state index is 13.1. The van der Waals surface area contributed by atoms with Gasteiger partial charge in [0.15, 0.2) is 0 Å². The topological polar surface area (TPSA) is 44.8 Å². The summed E-state index contributed by atoms with van der Waals surface area (Å²) in [5.74, 6) is -0.276. The molecule has 3 rings (SSSR count). The number of nitrogens with zero attached hydrogens (tertiary/aromatic N) is 2. The molecule has 1 saturated heterocycles. The number of benzene rings is 2. The van der Waals surface area contributed by atoms with Crippen LogP contribution in [0.3, 0.4) is 0 Å². The van der Waals surface area contributed by atoms with Crippen LogP contribution in [-0.4, -0.2) is 55.2 Å². The number of carbonyl (C=O) groups excluding carboxylic acids is 1. The fourth-order valence-electron chi connectivity index (χ4n) is 2.87. The molecule has 6 heteroatoms. The third-order valence-electron chi connectivity index (χ3n) is 4.39. The third-order valence-corrected chi connectivity index (χ3v) is 4.39. The van der Waals surface area contributed by atoms with Crippen LogP contribution in [0, 0.1) is 5.82 Å². The lowest BCUT2D eigenvalue weighted by molar-refractivity contribution is 0.0349. The van der Waals surface area contributed by atoms with Gasteiger partial charge < -0.3 is 15.0 Å². The molecule has 1 aliphatic heterocycles. The van der Waals surface area contributed by atoms with Gasteiger partial charge in [0.1, 0.15) is 5.82 Å². The quantitative estimate of drug-likeness (QED) is 0.864. The second-order valence-corrected chi connectivity index (χ2v) is 6.30. The Hall–Kier alpha value is -2.44. The molecular formula is C20H24FN3O2. The summed E-state index contributed by atoms with van der Waals surface area (Å²) in [6.45, 7) is 5.03. The summed E-state index contributed by atoms with van der Waals surface area (Å²) in [5, 5.41) is 2.93. The van der Waals surface area contributed by atoms with Crippen molar-refractivity contribution in [2.24, 2.45) is 0 Å². The molecule has 0 radical (unpaired) electrons. The Morgan fingerprint density at radius 1 is 1.08 bits per heavy atom. The number of urea groups is 1. The molecule has 2 aromatic carbocycles. The molecule has 1 aliphatic rings. The molecule has 5 nitrogen and oxygen atoms in total. The molecule has 0 unspecified atom stereocenters. The minimum absolute atomic E-state index is 0.159. The molecule has 0 saturated carbocycles. The van der Waals surface area contributed by atoms with Gasteiger partial charge in [-0.05, 0) is 29.8 Å². The predicted molar refractivity (Wildman–Crippen MR) is 99.5 cm³/mol. The van der Waals surface area contributed by atoms with Gasteiger partial charge in [-0.1, -0.05) is 30.3 Å². The first-order valence-electron chi connectivity index (χ1n) is 8.86. The van der Waals surface area contributed by atoms with Crippen molar-refractivity contribution >= 4 is 11.7 Å². The number of morpholine rings is 1. The van der Waals surface area contributed by atoms with Gasteiger partial charge in [-0.3, -0.25) is 4.90 Å². The Labute approximate surface area is 153 Å². The Morgan fingerprint density at radius 3 is 2.46 bits per heavy atom. The molecule has 0 bridgehead atoms. The van der Waals surface area contributed by atoms with Gasteiger partial charge in [0.05, 0.1) is 13.2 Å². The van der Waals surface area contributed by atoms with Gasteiger partial charge >= 0.3 is 6.03 Å². The van der Waals surface area contributed by atoms with Gasteiger partial charge in [0.2, 0.25) is 0 Å². The minimum Gasteiger partial charge on any atom is -0.379 e. The number of para-hydroxylation sites is 1. The Balaban J connectivity index is 1.64. The van der Waals surface area contributed by atoms with Crippen LogP contribution < -0.4 is 5.32 Å². The van der Waals surface area contributed by atoms with Crippen LogP contribution in [0.5, 0.6) is 0 Å². The lowest BCUT2D eigenvalue weighted by Crippen LogP contribution is -2.44. The first-order chi connectivity index (χ1) is 12.7. The number of hydrogen-bond donors (Lipinski definition) is 1. The largest absolute Gasteiger partial charge is 0.379 e. The summed E-state index contributed by atoms with van der Waals surface area (Å²) in [5.41, 5.74) is 1.66. The smallest absolute Gasteiger partial charge is 0.322 e. The standard InChI is InChI=1S/C20H24FN3O2/c21-18-8-6-17(7-9-18)16-24(11-10-23-12-14-26-15-13-23)20(25)22-19-4-2-1-3-5-19/h1-9H,10-16H2,(H,22,25). The molecule has 1 fully saturated rings. The summed E-state index contributed by atoms with van der Waals surface area (Å²) in [6.07, 6.45) is 0. The molecule has 0 aliphatic carbocycles. The summed E-state index contributed by atoms with van der Waals surface area (Å²) < 4.78 is 18.5. The van der Waals surface area contributed by atoms with E-state index in [9.17, 15) is 9.18 Å². The van der Waals surface area contributed by atoms with Gasteiger partial charge in [0.25, 0.3) is 0 Å². The molecule has 2 aromatic rings. The van der Waals surface area contributed by atoms with Crippen molar-refractivity contribution in [2.75, 3.05) is 44.7 Å². The zero-order valence-corrected chi connectivity index (χ0v) is 14.7. The molecule has 138 valence electrons. The number of carbonyl (C=O) groups is 1. The summed E-state index contributed by atoms with van der Waals surface area (Å²) >= 11 is 0. The van der Waals surface area contributed by atoms with Crippen LogP contribution in [0.15, 0.2) is 54.6 Å². The van der Waals surface area contributed by atoms with E-state index >= 15 is 0 Å². The van der Waals surface area contributed by atoms with Crippen LogP contribution in [0.2, 0.25) is 0 Å². The van der Waals surface area contributed by atoms with Crippen molar-refractivity contribution in [3.8, 4) is 0 Å². The number of ether oxygens (including phenoxy) is 1. The number of hydrogen-bond acceptors (Lipinski definition) is 3. The molecular weight excluding hydrogens is 333 g/mol. The highest BCUT2D eigenvalue weighted by molar-refractivity contribution is 5.89. The van der Waals surface area contributed by atoms with Crippen LogP contribution in [0.25, 0.3) is 0 Å². The molecule has 0 aromatic heterocycles. The van der Waals surface area contributed by atoms with E-state index in [0.717, 1.165) is 44.1 Å². The second-order valence-electron chi connectivity index (χ2n) is 6.30. The lowest BCUT2D eigenvalue weighted by Gasteiger charge is -2.30. The number of amides is 2. The van der Waals surface area contributed by atoms with E-state index in [4.69, 9.17) is 4.74 Å². The number of halogens is 1. The van der Waals surface area contributed by atoms with E-state index in [-0.39, 0.29) is 11.8 Å². The van der Waals surface area contributed by atoms with Gasteiger partial charge in [-0.15, -0.1) is 0 Å². The molecule has 0 atom stereocenters. The highest BCUT2D eigenvalue weighted by Gasteiger charge is 2.17. The van der Waals surface area contributed by atoms with Crippen molar-refractivity contribution in [1.29, 1.82) is 0 Å². The van der Waals surface area contributed by atoms with Gasteiger partial charge in [-0.2, -0.15) is 0 Å². The van der Waals surface area contributed by atoms with Crippen molar-refractivity contribution in [1.82, 2.24) is 9.80 Å². The fourth-order valence-corrected chi connectivity index (χ4v) is 2.87. The average molecular weight is 357 g/mol. The van der Waals surface area contributed by atoms with E-state index in [1.165, 1.54) is 12.1 Å². The highest BCUT2D eigenvalue weighted by atomic mass is 19.1. The van der Waals surface area contributed by atoms with Crippen molar-refractivity contribution in [3.05, 3.63) is 66.0 Å². The molecule has 0 spiro atoms. The summed E-state index contributed by atoms with van der Waals surface area (Å²) in [6, 6.07) is 15.5. The number of nitrogens with one attached hydrogen (secondary N) is 1. The first kappa shape index (κ1) is 18.4. The van der Waals surface area contributed by atoms with Gasteiger partial charge in [-0.25, -0.2) is 9.18 Å². The maximum atomic E-state index is 13.1. The van der Waals surface area contributed by atoms with E-state index < -0.39 is 0 Å². The number of anilines is 1. The molecule has 1 heterocycles. The first-order valence-corrected chi connectivity index (χ1v) is 8.86. The summed E-state index contributed by atoms with van der Waals surface area (Å²) in [7, 11) is 0. The second kappa shape index (κ2) is 9.31. The van der Waals surface area contributed by atoms with Crippen LogP contribution in [0.4, 0.5) is 14.9 Å². The minimum atomic E-state index is -0.276. The Bertz CT molecular complexity index is 688. The summed E-state index contributed by atoms with van der Waals surface area (Å²) in [4.78, 5) is 16.8. The van der Waals surface area contributed by atoms with Crippen molar-refractivity contribution in [2.45, 2.75) is 6.54 Å². The monoisotopic (exact) mass is 357 g/mol. The van der Waals surface area contributed by atoms with Crippen LogP contribution in [0.1, 0.15) is 5.56 Å². The maximum Gasteiger partial charge on any atom is 0.322 e. The van der Waals surface area contributed by atoms with Crippen LogP contribution >= 0.6 is 0 Å². The van der Waals surface area contributed by atoms with E-state index in [0.29, 0.717) is 13.1 Å². The SMILES string of the molecule is O=C(Nc1ccccc1)N(CCN1CCOCC1)Cc1ccc(F)cc1. The van der Waals surface area contributed by atoms with E-state index in [1.807, 2.05) is 30.3 Å². The van der Waals surface area contributed by atoms with Crippen molar-refractivity contribution in [3.63, 3.8) is 0 Å². The molecule has 1 N–H and O–H groups in total. The Morgan fingerprint density at radius 2 is 1.77 bits per heavy atom. The zero-order valence-electron chi connectivity index (χ0n) is 14.7. The molecule has 2 amide bonds.